The topological polar surface area (TPSA) is 86.3 Å². The summed E-state index contributed by atoms with van der Waals surface area (Å²) in [6, 6.07) is 5.32. The molecule has 0 aliphatic heterocycles. The fourth-order valence-corrected chi connectivity index (χ4v) is 1.65. The standard InChI is InChI=1S/C9H8BrClN2O4/c1-9(10,13(16)17)8(11)6-2-4-7(5-3-6)12(14)15/h2-5,8H,1H3/t8-,9+/m0/s1. The highest BCUT2D eigenvalue weighted by atomic mass is 79.9. The van der Waals surface area contributed by atoms with E-state index in [1.165, 1.54) is 31.2 Å². The fraction of sp³-hybridized carbons (Fsp3) is 0.333. The first-order valence-electron chi connectivity index (χ1n) is 4.48. The summed E-state index contributed by atoms with van der Waals surface area (Å²) in [6.45, 7) is 1.33. The van der Waals surface area contributed by atoms with Crippen LogP contribution in [0.2, 0.25) is 0 Å². The minimum absolute atomic E-state index is 0.0880. The van der Waals surface area contributed by atoms with Crippen LogP contribution in [-0.2, 0) is 0 Å². The van der Waals surface area contributed by atoms with Crippen molar-refractivity contribution in [2.75, 3.05) is 0 Å². The van der Waals surface area contributed by atoms with E-state index in [9.17, 15) is 20.2 Å². The van der Waals surface area contributed by atoms with Crippen molar-refractivity contribution in [3.05, 3.63) is 50.1 Å². The summed E-state index contributed by atoms with van der Waals surface area (Å²) < 4.78 is -1.52. The number of hydrogen-bond donors (Lipinski definition) is 0. The van der Waals surface area contributed by atoms with Gasteiger partial charge in [-0.3, -0.25) is 20.2 Å². The Balaban J connectivity index is 3.02. The van der Waals surface area contributed by atoms with Crippen LogP contribution in [0.5, 0.6) is 0 Å². The largest absolute Gasteiger partial charge is 0.291 e. The second-order valence-electron chi connectivity index (χ2n) is 3.49. The van der Waals surface area contributed by atoms with E-state index in [0.29, 0.717) is 5.56 Å². The van der Waals surface area contributed by atoms with Crippen LogP contribution in [0.3, 0.4) is 0 Å². The second-order valence-corrected chi connectivity index (χ2v) is 5.53. The average molecular weight is 324 g/mol. The molecule has 0 spiro atoms. The van der Waals surface area contributed by atoms with Gasteiger partial charge in [-0.1, -0.05) is 12.1 Å². The predicted octanol–water partition coefficient (Wildman–Crippen LogP) is 3.26. The first kappa shape index (κ1) is 13.9. The van der Waals surface area contributed by atoms with E-state index in [-0.39, 0.29) is 5.69 Å². The third-order valence-electron chi connectivity index (χ3n) is 2.22. The monoisotopic (exact) mass is 322 g/mol. The zero-order valence-electron chi connectivity index (χ0n) is 8.67. The highest BCUT2D eigenvalue weighted by Gasteiger charge is 2.43. The van der Waals surface area contributed by atoms with Gasteiger partial charge < -0.3 is 0 Å². The molecule has 6 nitrogen and oxygen atoms in total. The molecule has 0 unspecified atom stereocenters. The van der Waals surface area contributed by atoms with Crippen LogP contribution in [0.4, 0.5) is 5.69 Å². The second kappa shape index (κ2) is 4.97. The lowest BCUT2D eigenvalue weighted by Crippen LogP contribution is -2.32. The minimum atomic E-state index is -1.52. The molecule has 0 bridgehead atoms. The zero-order valence-corrected chi connectivity index (χ0v) is 11.0. The zero-order chi connectivity index (χ0) is 13.2. The Kier molecular flexibility index (Phi) is 4.05. The van der Waals surface area contributed by atoms with E-state index in [1.54, 1.807) is 0 Å². The summed E-state index contributed by atoms with van der Waals surface area (Å²) in [4.78, 5) is 20.1. The number of nitro groups is 2. The number of non-ortho nitro benzene ring substituents is 1. The van der Waals surface area contributed by atoms with Gasteiger partial charge in [0.1, 0.15) is 5.38 Å². The first-order chi connectivity index (χ1) is 7.76. The van der Waals surface area contributed by atoms with Gasteiger partial charge in [-0.2, -0.15) is 0 Å². The van der Waals surface area contributed by atoms with Crippen LogP contribution < -0.4 is 0 Å². The highest BCUT2D eigenvalue weighted by molar-refractivity contribution is 9.10. The summed E-state index contributed by atoms with van der Waals surface area (Å²) in [5, 5.41) is 20.3. The van der Waals surface area contributed by atoms with Gasteiger partial charge in [0.25, 0.3) is 10.1 Å². The summed E-state index contributed by atoms with van der Waals surface area (Å²) in [7, 11) is 0. The molecule has 0 heterocycles. The molecular weight excluding hydrogens is 315 g/mol. The Morgan fingerprint density at radius 1 is 1.29 bits per heavy atom. The molecule has 1 aromatic carbocycles. The van der Waals surface area contributed by atoms with Crippen LogP contribution in [0.15, 0.2) is 24.3 Å². The summed E-state index contributed by atoms with van der Waals surface area (Å²) >= 11 is 8.90. The van der Waals surface area contributed by atoms with Gasteiger partial charge in [-0.25, -0.2) is 0 Å². The average Bonchev–Trinajstić information content (AvgIpc) is 2.27. The number of nitro benzene ring substituents is 1. The molecule has 8 heteroatoms. The smallest absolute Gasteiger partial charge is 0.263 e. The third-order valence-corrected chi connectivity index (χ3v) is 3.90. The molecule has 0 saturated carbocycles. The van der Waals surface area contributed by atoms with E-state index in [0.717, 1.165) is 0 Å². The number of rotatable bonds is 4. The summed E-state index contributed by atoms with van der Waals surface area (Å²) in [5.41, 5.74) is 0.350. The fourth-order valence-electron chi connectivity index (χ4n) is 1.16. The quantitative estimate of drug-likeness (QED) is 0.368. The Morgan fingerprint density at radius 3 is 2.12 bits per heavy atom. The van der Waals surface area contributed by atoms with E-state index in [2.05, 4.69) is 15.9 Å². The van der Waals surface area contributed by atoms with E-state index in [4.69, 9.17) is 11.6 Å². The van der Waals surface area contributed by atoms with Crippen molar-refractivity contribution < 1.29 is 9.85 Å². The summed E-state index contributed by atoms with van der Waals surface area (Å²) in [5.74, 6) is 0. The Labute approximate surface area is 110 Å². The number of hydrogen-bond acceptors (Lipinski definition) is 4. The number of alkyl halides is 2. The molecule has 0 fully saturated rings. The molecule has 2 atom stereocenters. The van der Waals surface area contributed by atoms with Gasteiger partial charge in [0.2, 0.25) is 0 Å². The van der Waals surface area contributed by atoms with Crippen molar-refractivity contribution in [3.8, 4) is 0 Å². The number of halogens is 2. The van der Waals surface area contributed by atoms with Gasteiger partial charge >= 0.3 is 0 Å². The maximum Gasteiger partial charge on any atom is 0.291 e. The maximum atomic E-state index is 10.8. The van der Waals surface area contributed by atoms with Crippen LogP contribution in [0, 0.1) is 20.2 Å². The molecule has 0 N–H and O–H groups in total. The molecule has 0 radical (unpaired) electrons. The van der Waals surface area contributed by atoms with Gasteiger partial charge in [0.15, 0.2) is 0 Å². The van der Waals surface area contributed by atoms with Crippen molar-refractivity contribution in [1.29, 1.82) is 0 Å². The van der Waals surface area contributed by atoms with E-state index < -0.39 is 19.7 Å². The van der Waals surface area contributed by atoms with Gasteiger partial charge in [-0.15, -0.1) is 11.6 Å². The number of benzene rings is 1. The van der Waals surface area contributed by atoms with Crippen LogP contribution in [-0.4, -0.2) is 14.3 Å². The van der Waals surface area contributed by atoms with Crippen LogP contribution in [0.25, 0.3) is 0 Å². The molecule has 1 aromatic rings. The van der Waals surface area contributed by atoms with Gasteiger partial charge in [0, 0.05) is 39.9 Å². The third kappa shape index (κ3) is 2.92. The predicted molar refractivity (Wildman–Crippen MR) is 66.0 cm³/mol. The molecule has 92 valence electrons. The van der Waals surface area contributed by atoms with Gasteiger partial charge in [-0.05, 0) is 5.56 Å². The van der Waals surface area contributed by atoms with Crippen molar-refractivity contribution in [1.82, 2.24) is 0 Å². The molecule has 0 saturated heterocycles. The molecule has 0 amide bonds. The Bertz CT molecular complexity index is 449. The van der Waals surface area contributed by atoms with Crippen molar-refractivity contribution in [3.63, 3.8) is 0 Å². The molecule has 1 rings (SSSR count). The Morgan fingerprint density at radius 2 is 1.76 bits per heavy atom. The first-order valence-corrected chi connectivity index (χ1v) is 5.71. The minimum Gasteiger partial charge on any atom is -0.263 e. The van der Waals surface area contributed by atoms with Crippen molar-refractivity contribution in [2.45, 2.75) is 16.7 Å². The molecule has 0 aliphatic rings. The lowest BCUT2D eigenvalue weighted by Gasteiger charge is -2.19. The Hall–Kier alpha value is -1.21. The number of nitrogens with zero attached hydrogens (tertiary/aromatic N) is 2. The van der Waals surface area contributed by atoms with E-state index in [1.807, 2.05) is 0 Å². The normalized spacial score (nSPS) is 15.9. The molecular formula is C9H8BrClN2O4. The molecule has 17 heavy (non-hydrogen) atoms. The summed E-state index contributed by atoms with van der Waals surface area (Å²) in [6.07, 6.45) is 0. The van der Waals surface area contributed by atoms with Crippen LogP contribution >= 0.6 is 27.5 Å². The van der Waals surface area contributed by atoms with Crippen molar-refractivity contribution >= 4 is 33.2 Å². The lowest BCUT2D eigenvalue weighted by molar-refractivity contribution is -0.531. The van der Waals surface area contributed by atoms with Crippen LogP contribution in [0.1, 0.15) is 17.9 Å². The molecule has 0 aliphatic carbocycles. The van der Waals surface area contributed by atoms with E-state index >= 15 is 0 Å². The maximum absolute atomic E-state index is 10.8. The molecule has 0 aromatic heterocycles. The lowest BCUT2D eigenvalue weighted by atomic mass is 10.1. The highest BCUT2D eigenvalue weighted by Crippen LogP contribution is 2.39. The van der Waals surface area contributed by atoms with Crippen molar-refractivity contribution in [2.24, 2.45) is 0 Å². The SMILES string of the molecule is C[C@](Br)([C@@H](Cl)c1ccc([N+](=O)[O-])cc1)[N+](=O)[O-]. The van der Waals surface area contributed by atoms with Gasteiger partial charge in [0.05, 0.1) is 4.92 Å².